The summed E-state index contributed by atoms with van der Waals surface area (Å²) in [6.45, 7) is 5.16. The molecule has 0 saturated carbocycles. The molecule has 0 spiro atoms. The number of carbonyl (C=O) groups is 1. The molecular formula is C23H27F2N3O. The highest BCUT2D eigenvalue weighted by atomic mass is 19.1. The SMILES string of the molecule is O=C(C1CCN(Cc2ccc(F)cc2)CC1)N1CCN(c2ccccc2F)CC1. The first-order chi connectivity index (χ1) is 14.1. The van der Waals surface area contributed by atoms with Crippen molar-refractivity contribution in [2.45, 2.75) is 19.4 Å². The molecular weight excluding hydrogens is 372 g/mol. The smallest absolute Gasteiger partial charge is 0.225 e. The summed E-state index contributed by atoms with van der Waals surface area (Å²) in [4.78, 5) is 19.2. The molecule has 0 aliphatic carbocycles. The molecule has 0 atom stereocenters. The van der Waals surface area contributed by atoms with Crippen molar-refractivity contribution in [2.75, 3.05) is 44.2 Å². The summed E-state index contributed by atoms with van der Waals surface area (Å²) < 4.78 is 27.0. The van der Waals surface area contributed by atoms with Crippen molar-refractivity contribution in [1.29, 1.82) is 0 Å². The second-order valence-electron chi connectivity index (χ2n) is 7.94. The monoisotopic (exact) mass is 399 g/mol. The van der Waals surface area contributed by atoms with Gasteiger partial charge in [0, 0.05) is 38.6 Å². The van der Waals surface area contributed by atoms with E-state index in [1.54, 1.807) is 12.1 Å². The molecule has 2 fully saturated rings. The maximum Gasteiger partial charge on any atom is 0.225 e. The summed E-state index contributed by atoms with van der Waals surface area (Å²) in [6.07, 6.45) is 1.71. The van der Waals surface area contributed by atoms with Gasteiger partial charge in [-0.05, 0) is 55.8 Å². The van der Waals surface area contributed by atoms with Crippen molar-refractivity contribution in [3.63, 3.8) is 0 Å². The number of para-hydroxylation sites is 1. The van der Waals surface area contributed by atoms with Crippen molar-refractivity contribution in [2.24, 2.45) is 5.92 Å². The second kappa shape index (κ2) is 8.91. The summed E-state index contributed by atoms with van der Waals surface area (Å²) >= 11 is 0. The molecule has 29 heavy (non-hydrogen) atoms. The van der Waals surface area contributed by atoms with Crippen LogP contribution in [0.2, 0.25) is 0 Å². The molecule has 6 heteroatoms. The third kappa shape index (κ3) is 4.75. The Labute approximate surface area is 170 Å². The van der Waals surface area contributed by atoms with Crippen molar-refractivity contribution < 1.29 is 13.6 Å². The van der Waals surface area contributed by atoms with Gasteiger partial charge in [-0.25, -0.2) is 8.78 Å². The van der Waals surface area contributed by atoms with Gasteiger partial charge in [0.05, 0.1) is 5.69 Å². The third-order valence-electron chi connectivity index (χ3n) is 6.04. The van der Waals surface area contributed by atoms with Crippen LogP contribution in [0.1, 0.15) is 18.4 Å². The zero-order valence-electron chi connectivity index (χ0n) is 16.6. The van der Waals surface area contributed by atoms with Crippen molar-refractivity contribution in [3.05, 3.63) is 65.7 Å². The summed E-state index contributed by atoms with van der Waals surface area (Å²) in [7, 11) is 0. The highest BCUT2D eigenvalue weighted by molar-refractivity contribution is 5.79. The van der Waals surface area contributed by atoms with E-state index in [2.05, 4.69) is 4.90 Å². The van der Waals surface area contributed by atoms with Gasteiger partial charge in [-0.3, -0.25) is 9.69 Å². The second-order valence-corrected chi connectivity index (χ2v) is 7.94. The Kier molecular flexibility index (Phi) is 6.09. The molecule has 2 heterocycles. The number of halogens is 2. The Morgan fingerprint density at radius 2 is 1.52 bits per heavy atom. The number of likely N-dealkylation sites (tertiary alicyclic amines) is 1. The molecule has 0 bridgehead atoms. The van der Waals surface area contributed by atoms with Crippen LogP contribution in [-0.2, 0) is 11.3 Å². The van der Waals surface area contributed by atoms with E-state index in [1.165, 1.54) is 18.2 Å². The maximum atomic E-state index is 14.0. The quantitative estimate of drug-likeness (QED) is 0.787. The number of piperidine rings is 1. The highest BCUT2D eigenvalue weighted by Gasteiger charge is 2.30. The van der Waals surface area contributed by atoms with Crippen LogP contribution in [-0.4, -0.2) is 55.0 Å². The van der Waals surface area contributed by atoms with Crippen LogP contribution in [0.15, 0.2) is 48.5 Å². The molecule has 1 amide bonds. The van der Waals surface area contributed by atoms with Crippen LogP contribution in [0.3, 0.4) is 0 Å². The Hall–Kier alpha value is -2.47. The fourth-order valence-corrected chi connectivity index (χ4v) is 4.32. The van der Waals surface area contributed by atoms with Gasteiger partial charge < -0.3 is 9.80 Å². The van der Waals surface area contributed by atoms with Crippen LogP contribution in [0, 0.1) is 17.6 Å². The number of rotatable bonds is 4. The minimum absolute atomic E-state index is 0.0690. The summed E-state index contributed by atoms with van der Waals surface area (Å²) in [5, 5.41) is 0. The van der Waals surface area contributed by atoms with Crippen molar-refractivity contribution in [1.82, 2.24) is 9.80 Å². The molecule has 2 aromatic rings. The Balaban J connectivity index is 1.25. The lowest BCUT2D eigenvalue weighted by molar-refractivity contribution is -0.137. The van der Waals surface area contributed by atoms with Crippen LogP contribution < -0.4 is 4.90 Å². The van der Waals surface area contributed by atoms with Crippen LogP contribution in [0.5, 0.6) is 0 Å². The first kappa shape index (κ1) is 19.8. The van der Waals surface area contributed by atoms with E-state index in [-0.39, 0.29) is 23.5 Å². The van der Waals surface area contributed by atoms with Crippen LogP contribution in [0.25, 0.3) is 0 Å². The average Bonchev–Trinajstić information content (AvgIpc) is 2.76. The van der Waals surface area contributed by atoms with E-state index < -0.39 is 0 Å². The Bertz CT molecular complexity index is 826. The zero-order valence-corrected chi connectivity index (χ0v) is 16.6. The molecule has 2 aliphatic heterocycles. The maximum absolute atomic E-state index is 14.0. The third-order valence-corrected chi connectivity index (χ3v) is 6.04. The number of hydrogen-bond acceptors (Lipinski definition) is 3. The molecule has 0 unspecified atom stereocenters. The number of amides is 1. The van der Waals surface area contributed by atoms with Gasteiger partial charge in [-0.1, -0.05) is 24.3 Å². The van der Waals surface area contributed by atoms with Gasteiger partial charge in [0.25, 0.3) is 0 Å². The fraction of sp³-hybridized carbons (Fsp3) is 0.435. The first-order valence-corrected chi connectivity index (χ1v) is 10.4. The van der Waals surface area contributed by atoms with Crippen molar-refractivity contribution >= 4 is 11.6 Å². The zero-order chi connectivity index (χ0) is 20.2. The van der Waals surface area contributed by atoms with E-state index in [1.807, 2.05) is 28.0 Å². The van der Waals surface area contributed by atoms with E-state index in [0.29, 0.717) is 31.9 Å². The minimum atomic E-state index is -0.215. The predicted molar refractivity (Wildman–Crippen MR) is 110 cm³/mol. The Morgan fingerprint density at radius 1 is 0.862 bits per heavy atom. The summed E-state index contributed by atoms with van der Waals surface area (Å²) in [5.74, 6) is -0.118. The standard InChI is InChI=1S/C23H27F2N3O/c24-20-7-5-18(6-8-20)17-26-11-9-19(10-12-26)23(29)28-15-13-27(14-16-28)22-4-2-1-3-21(22)25/h1-8,19H,9-17H2. The molecule has 0 radical (unpaired) electrons. The number of piperazine rings is 1. The van der Waals surface area contributed by atoms with E-state index in [0.717, 1.165) is 38.0 Å². The molecule has 4 nitrogen and oxygen atoms in total. The molecule has 4 rings (SSSR count). The molecule has 2 saturated heterocycles. The number of nitrogens with zero attached hydrogens (tertiary/aromatic N) is 3. The minimum Gasteiger partial charge on any atom is -0.366 e. The summed E-state index contributed by atoms with van der Waals surface area (Å²) in [6, 6.07) is 13.4. The average molecular weight is 399 g/mol. The van der Waals surface area contributed by atoms with Gasteiger partial charge in [0.2, 0.25) is 5.91 Å². The molecule has 2 aliphatic rings. The molecule has 154 valence electrons. The lowest BCUT2D eigenvalue weighted by Gasteiger charge is -2.39. The van der Waals surface area contributed by atoms with E-state index >= 15 is 0 Å². The van der Waals surface area contributed by atoms with E-state index in [9.17, 15) is 13.6 Å². The first-order valence-electron chi connectivity index (χ1n) is 10.4. The van der Waals surface area contributed by atoms with Gasteiger partial charge in [-0.15, -0.1) is 0 Å². The van der Waals surface area contributed by atoms with Gasteiger partial charge in [0.15, 0.2) is 0 Å². The van der Waals surface area contributed by atoms with Gasteiger partial charge in [0.1, 0.15) is 11.6 Å². The molecule has 0 aromatic heterocycles. The Morgan fingerprint density at radius 3 is 2.17 bits per heavy atom. The van der Waals surface area contributed by atoms with E-state index in [4.69, 9.17) is 0 Å². The van der Waals surface area contributed by atoms with Crippen LogP contribution >= 0.6 is 0 Å². The largest absolute Gasteiger partial charge is 0.366 e. The molecule has 2 aromatic carbocycles. The van der Waals surface area contributed by atoms with Gasteiger partial charge in [-0.2, -0.15) is 0 Å². The van der Waals surface area contributed by atoms with Crippen LogP contribution in [0.4, 0.5) is 14.5 Å². The molecule has 0 N–H and O–H groups in total. The fourth-order valence-electron chi connectivity index (χ4n) is 4.32. The lowest BCUT2D eigenvalue weighted by atomic mass is 9.94. The highest BCUT2D eigenvalue weighted by Crippen LogP contribution is 2.24. The topological polar surface area (TPSA) is 26.8 Å². The number of anilines is 1. The normalized spacial score (nSPS) is 18.8. The van der Waals surface area contributed by atoms with Gasteiger partial charge >= 0.3 is 0 Å². The summed E-state index contributed by atoms with van der Waals surface area (Å²) in [5.41, 5.74) is 1.72. The number of hydrogen-bond donors (Lipinski definition) is 0. The number of benzene rings is 2. The van der Waals surface area contributed by atoms with Crippen molar-refractivity contribution in [3.8, 4) is 0 Å². The number of carbonyl (C=O) groups excluding carboxylic acids is 1. The lowest BCUT2D eigenvalue weighted by Crippen LogP contribution is -2.51. The predicted octanol–water partition coefficient (Wildman–Crippen LogP) is 3.53.